The molecule has 0 unspecified atom stereocenters. The summed E-state index contributed by atoms with van der Waals surface area (Å²) in [6, 6.07) is 7.13. The topological polar surface area (TPSA) is 68.3 Å². The van der Waals surface area contributed by atoms with Crippen LogP contribution in [0.5, 0.6) is 5.75 Å². The molecule has 1 fully saturated rings. The highest BCUT2D eigenvalue weighted by atomic mass is 16.6. The van der Waals surface area contributed by atoms with E-state index >= 15 is 0 Å². The van der Waals surface area contributed by atoms with E-state index in [1.54, 1.807) is 35.1 Å². The van der Waals surface area contributed by atoms with Crippen LogP contribution >= 0.6 is 0 Å². The van der Waals surface area contributed by atoms with Gasteiger partial charge in [0.1, 0.15) is 12.4 Å². The highest BCUT2D eigenvalue weighted by Crippen LogP contribution is 2.16. The number of carbonyl (C=O) groups excluding carboxylic acids is 2. The summed E-state index contributed by atoms with van der Waals surface area (Å²) >= 11 is 0. The maximum atomic E-state index is 12.7. The average molecular weight is 364 g/mol. The molecule has 0 bridgehead atoms. The second-order valence-corrected chi connectivity index (χ2v) is 6.62. The lowest BCUT2D eigenvalue weighted by Gasteiger charge is -2.34. The summed E-state index contributed by atoms with van der Waals surface area (Å²) in [7, 11) is 1.61. The predicted molar refractivity (Wildman–Crippen MR) is 97.5 cm³/mol. The molecule has 0 radical (unpaired) electrons. The summed E-state index contributed by atoms with van der Waals surface area (Å²) in [5, 5.41) is 0. The molecule has 1 aliphatic heterocycles. The third-order valence-electron chi connectivity index (χ3n) is 4.00. The number of benzene rings is 1. The number of nitrogens with zero attached hydrogens (tertiary/aromatic N) is 2. The van der Waals surface area contributed by atoms with Crippen molar-refractivity contribution >= 4 is 12.0 Å². The number of carbonyl (C=O) groups is 2. The highest BCUT2D eigenvalue weighted by Gasteiger charge is 2.25. The number of methoxy groups -OCH3 is 1. The van der Waals surface area contributed by atoms with Gasteiger partial charge in [0.15, 0.2) is 0 Å². The standard InChI is InChI=1S/C19H28N2O5/c1-15(2)14-26-19(23)21-9-7-20(8-10-21)18(22)16-5-4-6-17(13-16)25-12-11-24-3/h4-6,13,15H,7-12,14H2,1-3H3. The van der Waals surface area contributed by atoms with Gasteiger partial charge in [-0.3, -0.25) is 4.79 Å². The largest absolute Gasteiger partial charge is 0.491 e. The van der Waals surface area contributed by atoms with Crippen molar-refractivity contribution < 1.29 is 23.8 Å². The van der Waals surface area contributed by atoms with E-state index in [4.69, 9.17) is 14.2 Å². The number of hydrogen-bond acceptors (Lipinski definition) is 5. The summed E-state index contributed by atoms with van der Waals surface area (Å²) in [6.07, 6.45) is -0.306. The Balaban J connectivity index is 1.86. The molecule has 1 aromatic rings. The fourth-order valence-electron chi connectivity index (χ4n) is 2.57. The molecule has 2 amide bonds. The normalized spacial score (nSPS) is 14.5. The average Bonchev–Trinajstić information content (AvgIpc) is 2.66. The fraction of sp³-hybridized carbons (Fsp3) is 0.579. The number of rotatable bonds is 7. The molecular weight excluding hydrogens is 336 g/mol. The van der Waals surface area contributed by atoms with Crippen molar-refractivity contribution in [3.63, 3.8) is 0 Å². The van der Waals surface area contributed by atoms with Crippen molar-refractivity contribution in [1.82, 2.24) is 9.80 Å². The van der Waals surface area contributed by atoms with Crippen LogP contribution < -0.4 is 4.74 Å². The van der Waals surface area contributed by atoms with Crippen molar-refractivity contribution in [1.29, 1.82) is 0 Å². The van der Waals surface area contributed by atoms with Gasteiger partial charge in [-0.25, -0.2) is 4.79 Å². The van der Waals surface area contributed by atoms with Crippen LogP contribution in [-0.4, -0.2) is 74.9 Å². The van der Waals surface area contributed by atoms with Gasteiger partial charge < -0.3 is 24.0 Å². The molecule has 144 valence electrons. The lowest BCUT2D eigenvalue weighted by atomic mass is 10.1. The van der Waals surface area contributed by atoms with E-state index in [0.717, 1.165) is 0 Å². The molecule has 0 saturated carbocycles. The molecule has 1 heterocycles. The smallest absolute Gasteiger partial charge is 0.409 e. The van der Waals surface area contributed by atoms with Crippen molar-refractivity contribution in [2.45, 2.75) is 13.8 Å². The third-order valence-corrected chi connectivity index (χ3v) is 4.00. The second-order valence-electron chi connectivity index (χ2n) is 6.62. The first-order valence-electron chi connectivity index (χ1n) is 8.94. The van der Waals surface area contributed by atoms with E-state index in [9.17, 15) is 9.59 Å². The zero-order chi connectivity index (χ0) is 18.9. The Bertz CT molecular complexity index is 597. The predicted octanol–water partition coefficient (Wildman–Crippen LogP) is 2.26. The Hall–Kier alpha value is -2.28. The van der Waals surface area contributed by atoms with Crippen LogP contribution in [-0.2, 0) is 9.47 Å². The minimum Gasteiger partial charge on any atom is -0.491 e. The van der Waals surface area contributed by atoms with E-state index < -0.39 is 0 Å². The van der Waals surface area contributed by atoms with Gasteiger partial charge >= 0.3 is 6.09 Å². The molecule has 7 heteroatoms. The number of hydrogen-bond donors (Lipinski definition) is 0. The zero-order valence-electron chi connectivity index (χ0n) is 15.8. The summed E-state index contributed by atoms with van der Waals surface area (Å²) in [4.78, 5) is 28.1. The third kappa shape index (κ3) is 5.91. The van der Waals surface area contributed by atoms with E-state index in [0.29, 0.717) is 63.2 Å². The van der Waals surface area contributed by atoms with Crippen molar-refractivity contribution in [3.8, 4) is 5.75 Å². The minimum absolute atomic E-state index is 0.0580. The van der Waals surface area contributed by atoms with Crippen molar-refractivity contribution in [3.05, 3.63) is 29.8 Å². The van der Waals surface area contributed by atoms with Gasteiger partial charge in [0.2, 0.25) is 0 Å². The molecular formula is C19H28N2O5. The Morgan fingerprint density at radius 3 is 2.42 bits per heavy atom. The first kappa shape index (κ1) is 20.0. The molecule has 0 N–H and O–H groups in total. The molecule has 0 aromatic heterocycles. The monoisotopic (exact) mass is 364 g/mol. The maximum absolute atomic E-state index is 12.7. The fourth-order valence-corrected chi connectivity index (χ4v) is 2.57. The second kappa shape index (κ2) is 10.0. The van der Waals surface area contributed by atoms with Crippen LogP contribution in [0.3, 0.4) is 0 Å². The lowest BCUT2D eigenvalue weighted by molar-refractivity contribution is 0.0535. The van der Waals surface area contributed by atoms with Gasteiger partial charge in [-0.05, 0) is 24.1 Å². The van der Waals surface area contributed by atoms with E-state index in [1.807, 2.05) is 19.9 Å². The molecule has 0 atom stereocenters. The quantitative estimate of drug-likeness (QED) is 0.694. The van der Waals surface area contributed by atoms with E-state index in [-0.39, 0.29) is 12.0 Å². The molecule has 26 heavy (non-hydrogen) atoms. The van der Waals surface area contributed by atoms with Crippen LogP contribution in [0.25, 0.3) is 0 Å². The van der Waals surface area contributed by atoms with Crippen LogP contribution in [0, 0.1) is 5.92 Å². The Labute approximate surface area is 154 Å². The van der Waals surface area contributed by atoms with Crippen molar-refractivity contribution in [2.24, 2.45) is 5.92 Å². The Morgan fingerprint density at radius 1 is 1.08 bits per heavy atom. The number of ether oxygens (including phenoxy) is 3. The first-order chi connectivity index (χ1) is 12.5. The molecule has 0 aliphatic carbocycles. The summed E-state index contributed by atoms with van der Waals surface area (Å²) in [5.41, 5.74) is 0.579. The molecule has 7 nitrogen and oxygen atoms in total. The molecule has 0 spiro atoms. The van der Waals surface area contributed by atoms with Gasteiger partial charge in [-0.15, -0.1) is 0 Å². The summed E-state index contributed by atoms with van der Waals surface area (Å²) in [5.74, 6) is 0.890. The van der Waals surface area contributed by atoms with Gasteiger partial charge in [-0.2, -0.15) is 0 Å². The van der Waals surface area contributed by atoms with E-state index in [1.165, 1.54) is 0 Å². The van der Waals surface area contributed by atoms with Crippen LogP contribution in [0.2, 0.25) is 0 Å². The first-order valence-corrected chi connectivity index (χ1v) is 8.94. The van der Waals surface area contributed by atoms with Crippen LogP contribution in [0.15, 0.2) is 24.3 Å². The number of amides is 2. The number of piperazine rings is 1. The van der Waals surface area contributed by atoms with Crippen molar-refractivity contribution in [2.75, 3.05) is 53.1 Å². The molecule has 1 saturated heterocycles. The molecule has 1 aliphatic rings. The van der Waals surface area contributed by atoms with Gasteiger partial charge in [0.05, 0.1) is 13.2 Å². The maximum Gasteiger partial charge on any atom is 0.409 e. The minimum atomic E-state index is -0.306. The van der Waals surface area contributed by atoms with Gasteiger partial charge in [-0.1, -0.05) is 19.9 Å². The van der Waals surface area contributed by atoms with Crippen LogP contribution in [0.1, 0.15) is 24.2 Å². The SMILES string of the molecule is COCCOc1cccc(C(=O)N2CCN(C(=O)OCC(C)C)CC2)c1. The molecule has 1 aromatic carbocycles. The summed E-state index contributed by atoms with van der Waals surface area (Å²) < 4.78 is 15.8. The Kier molecular flexibility index (Phi) is 7.72. The Morgan fingerprint density at radius 2 is 1.77 bits per heavy atom. The lowest BCUT2D eigenvalue weighted by Crippen LogP contribution is -2.50. The zero-order valence-corrected chi connectivity index (χ0v) is 15.8. The summed E-state index contributed by atoms with van der Waals surface area (Å²) in [6.45, 7) is 7.27. The van der Waals surface area contributed by atoms with Gasteiger partial charge in [0, 0.05) is 38.9 Å². The molecule has 2 rings (SSSR count). The van der Waals surface area contributed by atoms with E-state index in [2.05, 4.69) is 0 Å². The highest BCUT2D eigenvalue weighted by molar-refractivity contribution is 5.94. The van der Waals surface area contributed by atoms with Crippen LogP contribution in [0.4, 0.5) is 4.79 Å². The van der Waals surface area contributed by atoms with Gasteiger partial charge in [0.25, 0.3) is 5.91 Å².